The monoisotopic (exact) mass is 233 g/mol. The molecule has 0 bridgehead atoms. The van der Waals surface area contributed by atoms with E-state index in [9.17, 15) is 4.39 Å². The number of halogens is 2. The molecular weight excluding hydrogens is 225 g/mol. The van der Waals surface area contributed by atoms with Gasteiger partial charge in [-0.15, -0.1) is 0 Å². The topological polar surface area (TPSA) is 46.2 Å². The Bertz CT molecular complexity index is 280. The van der Waals surface area contributed by atoms with Crippen LogP contribution in [0.5, 0.6) is 0 Å². The van der Waals surface area contributed by atoms with Crippen LogP contribution in [0.1, 0.15) is 11.6 Å². The first kappa shape index (κ1) is 9.64. The molecule has 0 aromatic heterocycles. The fraction of sp³-hybridized carbons (Fsp3) is 0.250. The van der Waals surface area contributed by atoms with Crippen molar-refractivity contribution in [3.8, 4) is 0 Å². The summed E-state index contributed by atoms with van der Waals surface area (Å²) in [4.78, 5) is 0. The summed E-state index contributed by atoms with van der Waals surface area (Å²) in [5.41, 5.74) is 6.25. The SMILES string of the molecule is N[C@H](CO)c1ccc(F)cc1Br. The number of benzene rings is 1. The first-order valence-electron chi connectivity index (χ1n) is 3.46. The maximum Gasteiger partial charge on any atom is 0.124 e. The molecule has 1 rings (SSSR count). The van der Waals surface area contributed by atoms with E-state index in [0.717, 1.165) is 0 Å². The van der Waals surface area contributed by atoms with Crippen LogP contribution in [0.2, 0.25) is 0 Å². The number of hydrogen-bond acceptors (Lipinski definition) is 2. The van der Waals surface area contributed by atoms with Gasteiger partial charge in [-0.05, 0) is 17.7 Å². The van der Waals surface area contributed by atoms with E-state index in [1.54, 1.807) is 6.07 Å². The minimum atomic E-state index is -0.458. The molecule has 1 atom stereocenters. The molecule has 0 heterocycles. The van der Waals surface area contributed by atoms with Gasteiger partial charge in [-0.1, -0.05) is 22.0 Å². The van der Waals surface area contributed by atoms with Crippen LogP contribution in [0.25, 0.3) is 0 Å². The Kier molecular flexibility index (Phi) is 3.20. The summed E-state index contributed by atoms with van der Waals surface area (Å²) in [6, 6.07) is 3.74. The van der Waals surface area contributed by atoms with Crippen molar-refractivity contribution in [3.63, 3.8) is 0 Å². The van der Waals surface area contributed by atoms with Gasteiger partial charge in [0.25, 0.3) is 0 Å². The zero-order chi connectivity index (χ0) is 9.14. The van der Waals surface area contributed by atoms with Crippen molar-refractivity contribution in [3.05, 3.63) is 34.1 Å². The summed E-state index contributed by atoms with van der Waals surface area (Å²) >= 11 is 3.16. The molecular formula is C8H9BrFNO. The largest absolute Gasteiger partial charge is 0.394 e. The summed E-state index contributed by atoms with van der Waals surface area (Å²) in [7, 11) is 0. The fourth-order valence-corrected chi connectivity index (χ4v) is 1.55. The van der Waals surface area contributed by atoms with E-state index in [4.69, 9.17) is 10.8 Å². The van der Waals surface area contributed by atoms with Crippen molar-refractivity contribution in [1.29, 1.82) is 0 Å². The van der Waals surface area contributed by atoms with Crippen LogP contribution < -0.4 is 5.73 Å². The average molecular weight is 234 g/mol. The van der Waals surface area contributed by atoms with Crippen molar-refractivity contribution in [2.24, 2.45) is 5.73 Å². The van der Waals surface area contributed by atoms with Gasteiger partial charge in [0, 0.05) is 4.47 Å². The molecule has 3 N–H and O–H groups in total. The van der Waals surface area contributed by atoms with Crippen molar-refractivity contribution < 1.29 is 9.50 Å². The molecule has 0 amide bonds. The van der Waals surface area contributed by atoms with E-state index in [-0.39, 0.29) is 12.4 Å². The molecule has 0 unspecified atom stereocenters. The minimum absolute atomic E-state index is 0.149. The minimum Gasteiger partial charge on any atom is -0.394 e. The number of aliphatic hydroxyl groups is 1. The lowest BCUT2D eigenvalue weighted by atomic mass is 10.1. The second kappa shape index (κ2) is 3.98. The molecule has 0 radical (unpaired) electrons. The molecule has 1 aromatic rings. The smallest absolute Gasteiger partial charge is 0.124 e. The molecule has 0 aliphatic carbocycles. The zero-order valence-electron chi connectivity index (χ0n) is 6.30. The van der Waals surface area contributed by atoms with E-state index >= 15 is 0 Å². The summed E-state index contributed by atoms with van der Waals surface area (Å²) in [5.74, 6) is -0.323. The number of nitrogens with two attached hydrogens (primary N) is 1. The Morgan fingerprint density at radius 1 is 1.58 bits per heavy atom. The van der Waals surface area contributed by atoms with E-state index < -0.39 is 6.04 Å². The van der Waals surface area contributed by atoms with Crippen molar-refractivity contribution in [2.45, 2.75) is 6.04 Å². The molecule has 0 aliphatic rings. The quantitative estimate of drug-likeness (QED) is 0.815. The highest BCUT2D eigenvalue weighted by Crippen LogP contribution is 2.22. The lowest BCUT2D eigenvalue weighted by molar-refractivity contribution is 0.267. The maximum atomic E-state index is 12.6. The molecule has 66 valence electrons. The first-order chi connectivity index (χ1) is 5.65. The number of hydrogen-bond donors (Lipinski definition) is 2. The Balaban J connectivity index is 3.01. The predicted molar refractivity (Wildman–Crippen MR) is 48.1 cm³/mol. The van der Waals surface area contributed by atoms with Crippen LogP contribution in [0.3, 0.4) is 0 Å². The Labute approximate surface area is 78.3 Å². The van der Waals surface area contributed by atoms with Crippen LogP contribution in [0.15, 0.2) is 22.7 Å². The standard InChI is InChI=1S/C8H9BrFNO/c9-7-3-5(10)1-2-6(7)8(11)4-12/h1-3,8,12H,4,11H2/t8-/m1/s1. The van der Waals surface area contributed by atoms with E-state index in [2.05, 4.69) is 15.9 Å². The van der Waals surface area contributed by atoms with Gasteiger partial charge in [-0.2, -0.15) is 0 Å². The first-order valence-corrected chi connectivity index (χ1v) is 4.26. The van der Waals surface area contributed by atoms with Crippen LogP contribution >= 0.6 is 15.9 Å². The van der Waals surface area contributed by atoms with Gasteiger partial charge in [-0.25, -0.2) is 4.39 Å². The fourth-order valence-electron chi connectivity index (χ4n) is 0.901. The highest BCUT2D eigenvalue weighted by molar-refractivity contribution is 9.10. The molecule has 0 saturated carbocycles. The Morgan fingerprint density at radius 2 is 2.25 bits per heavy atom. The van der Waals surface area contributed by atoms with E-state index in [0.29, 0.717) is 10.0 Å². The zero-order valence-corrected chi connectivity index (χ0v) is 7.88. The van der Waals surface area contributed by atoms with Crippen LogP contribution in [0.4, 0.5) is 4.39 Å². The molecule has 4 heteroatoms. The summed E-state index contributed by atoms with van der Waals surface area (Å²) in [6.45, 7) is -0.149. The predicted octanol–water partition coefficient (Wildman–Crippen LogP) is 1.58. The van der Waals surface area contributed by atoms with Gasteiger partial charge in [0.1, 0.15) is 5.82 Å². The molecule has 0 spiro atoms. The third kappa shape index (κ3) is 2.03. The summed E-state index contributed by atoms with van der Waals surface area (Å²) in [5, 5.41) is 8.74. The van der Waals surface area contributed by atoms with Gasteiger partial charge in [-0.3, -0.25) is 0 Å². The van der Waals surface area contributed by atoms with Crippen LogP contribution in [0, 0.1) is 5.82 Å². The average Bonchev–Trinajstić information content (AvgIpc) is 2.03. The van der Waals surface area contributed by atoms with Crippen molar-refractivity contribution in [1.82, 2.24) is 0 Å². The number of aliphatic hydroxyl groups excluding tert-OH is 1. The molecule has 0 fully saturated rings. The molecule has 12 heavy (non-hydrogen) atoms. The number of rotatable bonds is 2. The van der Waals surface area contributed by atoms with E-state index in [1.165, 1.54) is 12.1 Å². The molecule has 0 aliphatic heterocycles. The maximum absolute atomic E-state index is 12.6. The molecule has 0 saturated heterocycles. The highest BCUT2D eigenvalue weighted by atomic mass is 79.9. The van der Waals surface area contributed by atoms with Crippen molar-refractivity contribution in [2.75, 3.05) is 6.61 Å². The second-order valence-electron chi connectivity index (χ2n) is 2.45. The molecule has 2 nitrogen and oxygen atoms in total. The Morgan fingerprint density at radius 3 is 2.75 bits per heavy atom. The van der Waals surface area contributed by atoms with Gasteiger partial charge in [0.2, 0.25) is 0 Å². The third-order valence-electron chi connectivity index (χ3n) is 1.56. The van der Waals surface area contributed by atoms with Gasteiger partial charge < -0.3 is 10.8 Å². The normalized spacial score (nSPS) is 13.0. The lowest BCUT2D eigenvalue weighted by Gasteiger charge is -2.10. The van der Waals surface area contributed by atoms with Gasteiger partial charge >= 0.3 is 0 Å². The summed E-state index contributed by atoms with van der Waals surface area (Å²) in [6.07, 6.45) is 0. The summed E-state index contributed by atoms with van der Waals surface area (Å²) < 4.78 is 13.2. The Hall–Kier alpha value is -0.450. The van der Waals surface area contributed by atoms with E-state index in [1.807, 2.05) is 0 Å². The van der Waals surface area contributed by atoms with Crippen LogP contribution in [-0.2, 0) is 0 Å². The van der Waals surface area contributed by atoms with Crippen LogP contribution in [-0.4, -0.2) is 11.7 Å². The third-order valence-corrected chi connectivity index (χ3v) is 2.25. The molecule has 1 aromatic carbocycles. The van der Waals surface area contributed by atoms with Crippen molar-refractivity contribution >= 4 is 15.9 Å². The second-order valence-corrected chi connectivity index (χ2v) is 3.31. The highest BCUT2D eigenvalue weighted by Gasteiger charge is 2.08. The van der Waals surface area contributed by atoms with Gasteiger partial charge in [0.05, 0.1) is 12.6 Å². The van der Waals surface area contributed by atoms with Gasteiger partial charge in [0.15, 0.2) is 0 Å². The lowest BCUT2D eigenvalue weighted by Crippen LogP contribution is -2.14.